The third-order valence-corrected chi connectivity index (χ3v) is 41.8. The van der Waals surface area contributed by atoms with Gasteiger partial charge >= 0.3 is 0 Å². The number of aliphatic hydroxyl groups is 5. The summed E-state index contributed by atoms with van der Waals surface area (Å²) in [5, 5.41) is 54.6. The van der Waals surface area contributed by atoms with E-state index in [0.29, 0.717) is 100 Å². The maximum absolute atomic E-state index is 14.1. The molecule has 0 amide bonds. The van der Waals surface area contributed by atoms with Crippen molar-refractivity contribution in [3.63, 3.8) is 0 Å². The summed E-state index contributed by atoms with van der Waals surface area (Å²) in [4.78, 5) is 0.839. The molecule has 4 aliphatic heterocycles. The van der Waals surface area contributed by atoms with Crippen molar-refractivity contribution in [2.75, 3.05) is 52.0 Å². The topological polar surface area (TPSA) is 210 Å². The maximum atomic E-state index is 14.1. The summed E-state index contributed by atoms with van der Waals surface area (Å²) in [6, 6.07) is 17.9. The van der Waals surface area contributed by atoms with Crippen LogP contribution < -0.4 is 0 Å². The Morgan fingerprint density at radius 1 is 0.410 bits per heavy atom. The van der Waals surface area contributed by atoms with Crippen molar-refractivity contribution in [2.45, 2.75) is 361 Å². The van der Waals surface area contributed by atoms with Crippen LogP contribution in [-0.4, -0.2) is 133 Å². The smallest absolute Gasteiger partial charge is 0.181 e. The molecule has 656 valence electrons. The normalized spacial score (nSPS) is 41.0. The molecule has 4 saturated heterocycles. The highest BCUT2D eigenvalue weighted by Gasteiger charge is 2.62. The standard InChI is InChI=1S/C36H54O5S.C30H44O3S.C30H50O3.C6H10O2/c1-4-35(37)17-15-29-26(23-35)10-11-31-30(29)14-16-34(3)32(12-13-33(31)34)25(2)22-28(24-36(38)18-20-41-21-19-36)42(39,40)27-8-6-5-7-9-27;1-4-30(31)18-15-24-22(20-30)10-11-26-25(24)14-17-29(3)27(12-13-28(26)29)21(2)16-19-34(32,33)23-8-6-5-7-9-23;1-4-29(31)15-12-23-22(20-29)7-8-25-24(23)11-14-28(3)26(9-10-27(25)28)21(2)6-5-13-30(32)16-18-33-19-17-30;1-3-7-4-2-6(1)5-8-6/h5-10,25,28-33,37-38H,4,11-24H2,1-3H3;5-10,21,24-28,31H,4,11-20H2,1-3H3;7,21,23-27,31-32H,4-6,8-20H2,1-3H3;1-5H2/t25-,28?,29+,30-,31-,32-,33+,34-,35+;21-,24+,25-,26-,27-,28+,29-,30+;21-,23+,24-,25-,26-,27+,28-,29+;/m111./s1. The third-order valence-electron chi connectivity index (χ3n) is 37.8. The van der Waals surface area contributed by atoms with Crippen LogP contribution in [0.4, 0.5) is 0 Å². The predicted octanol–water partition coefficient (Wildman–Crippen LogP) is 21.2. The van der Waals surface area contributed by atoms with Gasteiger partial charge in [-0.1, -0.05) is 147 Å². The summed E-state index contributed by atoms with van der Waals surface area (Å²) in [5.41, 5.74) is 3.28. The summed E-state index contributed by atoms with van der Waals surface area (Å²) in [6.07, 6.45) is 48.7. The fourth-order valence-electron chi connectivity index (χ4n) is 30.4. The van der Waals surface area contributed by atoms with E-state index in [-0.39, 0.29) is 23.5 Å². The molecule has 4 heterocycles. The molecule has 1 spiro atoms. The second-order valence-corrected chi connectivity index (χ2v) is 48.0. The minimum atomic E-state index is -3.59. The molecule has 2 aromatic rings. The largest absolute Gasteiger partial charge is 0.390 e. The molecule has 16 aliphatic rings. The Hall–Kier alpha value is -2.80. The van der Waals surface area contributed by atoms with Crippen LogP contribution in [0.1, 0.15) is 313 Å². The number of rotatable bonds is 20. The lowest BCUT2D eigenvalue weighted by molar-refractivity contribution is -0.0709. The van der Waals surface area contributed by atoms with Gasteiger partial charge in [-0.3, -0.25) is 0 Å². The van der Waals surface area contributed by atoms with Crippen LogP contribution >= 0.6 is 0 Å². The van der Waals surface area contributed by atoms with Gasteiger partial charge in [0.1, 0.15) is 0 Å². The summed E-state index contributed by atoms with van der Waals surface area (Å²) in [6.45, 7) is 26.5. The molecule has 18 rings (SSSR count). The molecule has 5 N–H and O–H groups in total. The van der Waals surface area contributed by atoms with Gasteiger partial charge < -0.3 is 44.5 Å². The molecule has 13 fully saturated rings. The first-order valence-corrected chi connectivity index (χ1v) is 51.7. The van der Waals surface area contributed by atoms with Crippen LogP contribution in [0.15, 0.2) is 105 Å². The fraction of sp³-hybridized carbons (Fsp3) is 0.824. The molecule has 0 aromatic heterocycles. The maximum Gasteiger partial charge on any atom is 0.181 e. The van der Waals surface area contributed by atoms with Crippen LogP contribution in [0, 0.1) is 123 Å². The van der Waals surface area contributed by atoms with Gasteiger partial charge in [-0.2, -0.15) is 0 Å². The molecule has 9 saturated carbocycles. The third kappa shape index (κ3) is 18.6. The van der Waals surface area contributed by atoms with Gasteiger partial charge in [0.2, 0.25) is 0 Å². The Morgan fingerprint density at radius 3 is 1.16 bits per heavy atom. The first-order chi connectivity index (χ1) is 55.8. The van der Waals surface area contributed by atoms with Gasteiger partial charge in [0.25, 0.3) is 0 Å². The summed E-state index contributed by atoms with van der Waals surface area (Å²) < 4.78 is 75.3. The van der Waals surface area contributed by atoms with E-state index >= 15 is 0 Å². The highest BCUT2D eigenvalue weighted by Crippen LogP contribution is 2.69. The zero-order valence-electron chi connectivity index (χ0n) is 74.0. The van der Waals surface area contributed by atoms with Crippen molar-refractivity contribution in [2.24, 2.45) is 123 Å². The number of epoxide rings is 1. The van der Waals surface area contributed by atoms with Crippen molar-refractivity contribution >= 4 is 19.7 Å². The quantitative estimate of drug-likeness (QED) is 0.0618. The fourth-order valence-corrected chi connectivity index (χ4v) is 33.9. The number of ether oxygens (including phenoxy) is 4. The Bertz CT molecular complexity index is 3960. The van der Waals surface area contributed by atoms with E-state index in [1.165, 1.54) is 103 Å². The number of allylic oxidation sites excluding steroid dienone is 3. The van der Waals surface area contributed by atoms with E-state index < -0.39 is 52.9 Å². The molecule has 13 nitrogen and oxygen atoms in total. The number of hydrogen-bond acceptors (Lipinski definition) is 13. The van der Waals surface area contributed by atoms with Crippen LogP contribution in [0.2, 0.25) is 0 Å². The van der Waals surface area contributed by atoms with Crippen molar-refractivity contribution in [3.05, 3.63) is 95.6 Å². The van der Waals surface area contributed by atoms with Gasteiger partial charge in [-0.25, -0.2) is 16.8 Å². The van der Waals surface area contributed by atoms with E-state index in [1.807, 2.05) is 24.3 Å². The van der Waals surface area contributed by atoms with Gasteiger partial charge in [0.15, 0.2) is 19.7 Å². The van der Waals surface area contributed by atoms with Gasteiger partial charge in [0.05, 0.1) is 61.0 Å². The molecule has 15 heteroatoms. The molecule has 0 bridgehead atoms. The van der Waals surface area contributed by atoms with Crippen LogP contribution in [0.3, 0.4) is 0 Å². The molecule has 2 aromatic carbocycles. The van der Waals surface area contributed by atoms with E-state index in [4.69, 9.17) is 18.9 Å². The van der Waals surface area contributed by atoms with Gasteiger partial charge in [-0.15, -0.1) is 0 Å². The molecule has 117 heavy (non-hydrogen) atoms. The summed E-state index contributed by atoms with van der Waals surface area (Å²) in [5.74, 6) is 13.0. The zero-order chi connectivity index (χ0) is 82.6. The molecular formula is C102H158O13S2. The first kappa shape index (κ1) is 89.0. The molecule has 25 atom stereocenters. The van der Waals surface area contributed by atoms with Crippen LogP contribution in [0.5, 0.6) is 0 Å². The minimum absolute atomic E-state index is 0.237. The number of benzene rings is 2. The molecule has 0 radical (unpaired) electrons. The Morgan fingerprint density at radius 2 is 0.778 bits per heavy atom. The van der Waals surface area contributed by atoms with Crippen molar-refractivity contribution in [1.82, 2.24) is 0 Å². The minimum Gasteiger partial charge on any atom is -0.390 e. The van der Waals surface area contributed by atoms with Crippen molar-refractivity contribution in [1.29, 1.82) is 0 Å². The number of hydrogen-bond donors (Lipinski definition) is 5. The predicted molar refractivity (Wildman–Crippen MR) is 467 cm³/mol. The second-order valence-electron chi connectivity index (χ2n) is 43.7. The van der Waals surface area contributed by atoms with E-state index in [2.05, 4.69) is 80.5 Å². The molecule has 1 unspecified atom stereocenters. The molecular weight excluding hydrogens is 1500 g/mol. The Labute approximate surface area is 708 Å². The Balaban J connectivity index is 0.000000132. The highest BCUT2D eigenvalue weighted by molar-refractivity contribution is 7.92. The SMILES string of the molecule is C1CC2(CCO1)CO2.CC[C@]1(O)CC[C@H]2C(=CC[C@@H]3[C@@H]2CC[C@]2(C)[C@@H]([C@H](C)CC(CC4(O)CCOCC4)S(=O)(=O)c4ccccc4)CC[C@@H]32)C1.CC[C@]1(O)CC[C@H]2C(=CC[C@@H]3[C@@H]2CC[C@]2(C)[C@@H]([C@H](C)CCCC4(O)CCOCC4)CC[C@@H]32)C1.CC[C@]1(O)CC[C@H]2C(=CC[C@@H]3[C@@H]2CC[C@]2(C)[C@@H]([C@H](C)CCS(=O)(=O)c4ccccc4)CC[C@@H]32)C1. The van der Waals surface area contributed by atoms with Crippen LogP contribution in [-0.2, 0) is 38.6 Å². The van der Waals surface area contributed by atoms with E-state index in [1.54, 1.807) is 53.1 Å². The Kier molecular flexibility index (Phi) is 27.3. The monoisotopic (exact) mass is 1660 g/mol. The lowest BCUT2D eigenvalue weighted by Crippen LogP contribution is -2.48. The van der Waals surface area contributed by atoms with Crippen LogP contribution in [0.25, 0.3) is 0 Å². The zero-order valence-corrected chi connectivity index (χ0v) is 75.7. The second kappa shape index (κ2) is 35.9. The van der Waals surface area contributed by atoms with Crippen molar-refractivity contribution in [3.8, 4) is 0 Å². The average Bonchev–Trinajstić information content (AvgIpc) is 1.57. The summed E-state index contributed by atoms with van der Waals surface area (Å²) >= 11 is 0. The van der Waals surface area contributed by atoms with E-state index in [9.17, 15) is 42.4 Å². The lowest BCUT2D eigenvalue weighted by atomic mass is 9.50. The molecule has 12 aliphatic carbocycles. The van der Waals surface area contributed by atoms with Gasteiger partial charge in [-0.05, 0) is 372 Å². The average molecular weight is 1660 g/mol. The number of sulfone groups is 2. The van der Waals surface area contributed by atoms with Gasteiger partial charge in [0, 0.05) is 52.5 Å². The lowest BCUT2D eigenvalue weighted by Gasteiger charge is -2.55. The van der Waals surface area contributed by atoms with E-state index in [0.717, 1.165) is 214 Å². The first-order valence-electron chi connectivity index (χ1n) is 48.5. The highest BCUT2D eigenvalue weighted by atomic mass is 32.2. The number of fused-ring (bicyclic) bond motifs is 15. The van der Waals surface area contributed by atoms with Crippen molar-refractivity contribution < 1.29 is 61.3 Å². The summed E-state index contributed by atoms with van der Waals surface area (Å²) in [7, 11) is -6.79.